The van der Waals surface area contributed by atoms with Gasteiger partial charge in [0.1, 0.15) is 4.90 Å². The van der Waals surface area contributed by atoms with E-state index in [-0.39, 0.29) is 10.5 Å². The summed E-state index contributed by atoms with van der Waals surface area (Å²) in [6, 6.07) is 20.7. The average molecular weight is 438 g/mol. The van der Waals surface area contributed by atoms with E-state index in [0.29, 0.717) is 10.8 Å². The lowest BCUT2D eigenvalue weighted by molar-refractivity contribution is 0.102. The Morgan fingerprint density at radius 1 is 1.00 bits per heavy atom. The summed E-state index contributed by atoms with van der Waals surface area (Å²) in [4.78, 5) is 17.3. The van der Waals surface area contributed by atoms with Crippen LogP contribution in [0.25, 0.3) is 10.2 Å². The molecule has 152 valence electrons. The number of carbonyl (C=O) groups excluding carboxylic acids is 1. The fraction of sp³-hybridized carbons (Fsp3) is 0.0909. The molecule has 0 saturated heterocycles. The van der Waals surface area contributed by atoms with Crippen LogP contribution in [-0.4, -0.2) is 26.4 Å². The van der Waals surface area contributed by atoms with Gasteiger partial charge in [-0.05, 0) is 48.9 Å². The van der Waals surface area contributed by atoms with Crippen molar-refractivity contribution < 1.29 is 13.2 Å². The lowest BCUT2D eigenvalue weighted by atomic mass is 10.2. The fourth-order valence-corrected chi connectivity index (χ4v) is 5.40. The number of hydrogen-bond donors (Lipinski definition) is 1. The summed E-state index contributed by atoms with van der Waals surface area (Å²) in [6.07, 6.45) is 0. The minimum atomic E-state index is -3.93. The van der Waals surface area contributed by atoms with Crippen molar-refractivity contribution in [1.82, 2.24) is 4.98 Å². The van der Waals surface area contributed by atoms with Crippen molar-refractivity contribution in [3.8, 4) is 0 Å². The predicted molar refractivity (Wildman–Crippen MR) is 121 cm³/mol. The van der Waals surface area contributed by atoms with E-state index in [1.54, 1.807) is 36.4 Å². The number of anilines is 2. The van der Waals surface area contributed by atoms with Gasteiger partial charge in [-0.2, -0.15) is 0 Å². The second kappa shape index (κ2) is 7.89. The maximum Gasteiger partial charge on any atom is 0.264 e. The van der Waals surface area contributed by atoms with E-state index < -0.39 is 15.9 Å². The van der Waals surface area contributed by atoms with Crippen molar-refractivity contribution in [2.75, 3.05) is 16.7 Å². The molecule has 1 amide bonds. The zero-order valence-electron chi connectivity index (χ0n) is 16.4. The summed E-state index contributed by atoms with van der Waals surface area (Å²) in [5, 5.41) is 3.16. The van der Waals surface area contributed by atoms with Crippen molar-refractivity contribution >= 4 is 48.3 Å². The summed E-state index contributed by atoms with van der Waals surface area (Å²) >= 11 is 1.35. The molecule has 0 atom stereocenters. The van der Waals surface area contributed by atoms with Gasteiger partial charge in [-0.3, -0.25) is 14.4 Å². The van der Waals surface area contributed by atoms with Crippen LogP contribution in [0.1, 0.15) is 15.9 Å². The molecule has 0 radical (unpaired) electrons. The van der Waals surface area contributed by atoms with Gasteiger partial charge in [-0.1, -0.05) is 47.7 Å². The molecular weight excluding hydrogens is 418 g/mol. The average Bonchev–Trinajstić information content (AvgIpc) is 3.15. The highest BCUT2D eigenvalue weighted by Gasteiger charge is 2.27. The number of nitrogens with zero attached hydrogens (tertiary/aromatic N) is 2. The first kappa shape index (κ1) is 20.1. The molecule has 0 unspecified atom stereocenters. The molecule has 0 aliphatic rings. The number of hydrogen-bond acceptors (Lipinski definition) is 5. The molecule has 0 bridgehead atoms. The standard InChI is InChI=1S/C22H19N3O3S2/c1-15-12-13-18-19(14-15)29-22(23-18)24-21(26)17-10-6-7-11-20(17)30(27,28)25(2)16-8-4-3-5-9-16/h3-14H,1-2H3,(H,23,24,26). The SMILES string of the molecule is Cc1ccc2nc(NC(=O)c3ccccc3S(=O)(=O)N(C)c3ccccc3)sc2c1. The van der Waals surface area contributed by atoms with Crippen LogP contribution in [0.15, 0.2) is 77.7 Å². The summed E-state index contributed by atoms with van der Waals surface area (Å²) in [5.41, 5.74) is 2.46. The van der Waals surface area contributed by atoms with Crippen molar-refractivity contribution in [3.63, 3.8) is 0 Å². The molecule has 0 aliphatic carbocycles. The summed E-state index contributed by atoms with van der Waals surface area (Å²) in [6.45, 7) is 1.99. The van der Waals surface area contributed by atoms with E-state index in [4.69, 9.17) is 0 Å². The van der Waals surface area contributed by atoms with E-state index in [9.17, 15) is 13.2 Å². The highest BCUT2D eigenvalue weighted by Crippen LogP contribution is 2.29. The number of thiazole rings is 1. The van der Waals surface area contributed by atoms with Gasteiger partial charge in [0.15, 0.2) is 5.13 Å². The normalized spacial score (nSPS) is 11.4. The Labute approximate surface area is 178 Å². The number of rotatable bonds is 5. The van der Waals surface area contributed by atoms with Gasteiger partial charge in [-0.15, -0.1) is 0 Å². The lowest BCUT2D eigenvalue weighted by Crippen LogP contribution is -2.28. The summed E-state index contributed by atoms with van der Waals surface area (Å²) in [5.74, 6) is -0.522. The molecule has 3 aromatic carbocycles. The lowest BCUT2D eigenvalue weighted by Gasteiger charge is -2.20. The van der Waals surface area contributed by atoms with Crippen LogP contribution in [0.3, 0.4) is 0 Å². The van der Waals surface area contributed by atoms with Gasteiger partial charge >= 0.3 is 0 Å². The Hall–Kier alpha value is -3.23. The molecule has 1 N–H and O–H groups in total. The van der Waals surface area contributed by atoms with Gasteiger partial charge in [0.2, 0.25) is 0 Å². The van der Waals surface area contributed by atoms with Crippen molar-refractivity contribution in [2.45, 2.75) is 11.8 Å². The zero-order valence-corrected chi connectivity index (χ0v) is 18.0. The fourth-order valence-electron chi connectivity index (χ4n) is 3.05. The van der Waals surface area contributed by atoms with Crippen LogP contribution in [0, 0.1) is 6.92 Å². The van der Waals surface area contributed by atoms with Crippen LogP contribution in [-0.2, 0) is 10.0 Å². The Balaban J connectivity index is 1.67. The summed E-state index contributed by atoms with van der Waals surface area (Å²) < 4.78 is 28.6. The Morgan fingerprint density at radius 3 is 2.47 bits per heavy atom. The van der Waals surface area contributed by atoms with Gasteiger partial charge in [0.25, 0.3) is 15.9 Å². The second-order valence-electron chi connectivity index (χ2n) is 6.75. The molecule has 4 rings (SSSR count). The summed E-state index contributed by atoms with van der Waals surface area (Å²) in [7, 11) is -2.47. The molecule has 1 heterocycles. The van der Waals surface area contributed by atoms with Crippen LogP contribution >= 0.6 is 11.3 Å². The molecule has 0 spiro atoms. The predicted octanol–water partition coefficient (Wildman–Crippen LogP) is 4.68. The van der Waals surface area contributed by atoms with Crippen molar-refractivity contribution in [2.24, 2.45) is 0 Å². The number of aromatic nitrogens is 1. The molecule has 4 aromatic rings. The third kappa shape index (κ3) is 3.79. The van der Waals surface area contributed by atoms with Gasteiger partial charge < -0.3 is 0 Å². The van der Waals surface area contributed by atoms with Crippen LogP contribution in [0.4, 0.5) is 10.8 Å². The number of carbonyl (C=O) groups is 1. The van der Waals surface area contributed by atoms with Gasteiger partial charge in [-0.25, -0.2) is 13.4 Å². The first-order valence-electron chi connectivity index (χ1n) is 9.18. The smallest absolute Gasteiger partial charge is 0.264 e. The number of fused-ring (bicyclic) bond motifs is 1. The number of sulfonamides is 1. The maximum absolute atomic E-state index is 13.2. The van der Waals surface area contributed by atoms with Crippen LogP contribution in [0.2, 0.25) is 0 Å². The first-order chi connectivity index (χ1) is 14.4. The zero-order chi connectivity index (χ0) is 21.3. The van der Waals surface area contributed by atoms with E-state index in [0.717, 1.165) is 15.8 Å². The minimum Gasteiger partial charge on any atom is -0.298 e. The number of para-hydroxylation sites is 1. The molecule has 1 aromatic heterocycles. The van der Waals surface area contributed by atoms with E-state index in [2.05, 4.69) is 10.3 Å². The molecule has 8 heteroatoms. The number of nitrogens with one attached hydrogen (secondary N) is 1. The molecule has 0 saturated carbocycles. The number of aryl methyl sites for hydroxylation is 1. The third-order valence-electron chi connectivity index (χ3n) is 4.65. The van der Waals surface area contributed by atoms with E-state index >= 15 is 0 Å². The van der Waals surface area contributed by atoms with E-state index in [1.165, 1.54) is 34.8 Å². The van der Waals surface area contributed by atoms with Crippen molar-refractivity contribution in [3.05, 3.63) is 83.9 Å². The second-order valence-corrected chi connectivity index (χ2v) is 9.72. The molecule has 0 aliphatic heterocycles. The van der Waals surface area contributed by atoms with E-state index in [1.807, 2.05) is 31.2 Å². The largest absolute Gasteiger partial charge is 0.298 e. The van der Waals surface area contributed by atoms with Crippen molar-refractivity contribution in [1.29, 1.82) is 0 Å². The monoisotopic (exact) mass is 437 g/mol. The Bertz CT molecular complexity index is 1330. The molecule has 30 heavy (non-hydrogen) atoms. The molecule has 6 nitrogen and oxygen atoms in total. The maximum atomic E-state index is 13.2. The van der Waals surface area contributed by atoms with Gasteiger partial charge in [0.05, 0.1) is 21.5 Å². The number of amides is 1. The Kier molecular flexibility index (Phi) is 5.27. The highest BCUT2D eigenvalue weighted by molar-refractivity contribution is 7.92. The highest BCUT2D eigenvalue weighted by atomic mass is 32.2. The van der Waals surface area contributed by atoms with Gasteiger partial charge in [0, 0.05) is 7.05 Å². The van der Waals surface area contributed by atoms with Crippen LogP contribution in [0.5, 0.6) is 0 Å². The number of benzene rings is 3. The third-order valence-corrected chi connectivity index (χ3v) is 7.43. The molecule has 0 fully saturated rings. The minimum absolute atomic E-state index is 0.0641. The first-order valence-corrected chi connectivity index (χ1v) is 11.4. The molecular formula is C22H19N3O3S2. The quantitative estimate of drug-likeness (QED) is 0.492. The van der Waals surface area contributed by atoms with Crippen LogP contribution < -0.4 is 9.62 Å². The Morgan fingerprint density at radius 2 is 1.70 bits per heavy atom. The topological polar surface area (TPSA) is 79.4 Å².